The van der Waals surface area contributed by atoms with E-state index in [1.54, 1.807) is 13.8 Å². The first-order valence-corrected chi connectivity index (χ1v) is 6.93. The van der Waals surface area contributed by atoms with Crippen molar-refractivity contribution in [1.82, 2.24) is 5.32 Å². The van der Waals surface area contributed by atoms with Crippen molar-refractivity contribution < 1.29 is 19.8 Å². The summed E-state index contributed by atoms with van der Waals surface area (Å²) in [4.78, 5) is 22.5. The van der Waals surface area contributed by atoms with E-state index in [9.17, 15) is 14.7 Å². The zero-order chi connectivity index (χ0) is 14.5. The summed E-state index contributed by atoms with van der Waals surface area (Å²) in [7, 11) is 0. The second-order valence-corrected chi connectivity index (χ2v) is 6.47. The van der Waals surface area contributed by atoms with E-state index in [2.05, 4.69) is 5.32 Å². The fraction of sp³-hybridized carbons (Fsp3) is 0.857. The fourth-order valence-electron chi connectivity index (χ4n) is 2.62. The summed E-state index contributed by atoms with van der Waals surface area (Å²) in [5, 5.41) is 21.8. The highest BCUT2D eigenvalue weighted by Crippen LogP contribution is 2.28. The van der Waals surface area contributed by atoms with Gasteiger partial charge >= 0.3 is 5.97 Å². The van der Waals surface area contributed by atoms with Gasteiger partial charge in [-0.1, -0.05) is 33.1 Å². The van der Waals surface area contributed by atoms with Crippen LogP contribution in [0.3, 0.4) is 0 Å². The number of carbonyl (C=O) groups is 2. The van der Waals surface area contributed by atoms with Gasteiger partial charge in [0.2, 0.25) is 5.91 Å². The molecule has 3 N–H and O–H groups in total. The largest absolute Gasteiger partial charge is 0.481 e. The highest BCUT2D eigenvalue weighted by molar-refractivity contribution is 5.78. The maximum Gasteiger partial charge on any atom is 0.303 e. The van der Waals surface area contributed by atoms with E-state index in [4.69, 9.17) is 5.11 Å². The van der Waals surface area contributed by atoms with E-state index < -0.39 is 17.0 Å². The Morgan fingerprint density at radius 2 is 1.74 bits per heavy atom. The number of hydrogen-bond donors (Lipinski definition) is 3. The molecule has 1 saturated carbocycles. The van der Waals surface area contributed by atoms with Gasteiger partial charge in [-0.05, 0) is 18.3 Å². The molecule has 110 valence electrons. The Hall–Kier alpha value is -1.10. The Kier molecular flexibility index (Phi) is 5.35. The Balaban J connectivity index is 2.36. The van der Waals surface area contributed by atoms with Crippen molar-refractivity contribution in [2.45, 2.75) is 64.4 Å². The van der Waals surface area contributed by atoms with Crippen LogP contribution in [0.4, 0.5) is 0 Å². The first kappa shape index (κ1) is 16.0. The van der Waals surface area contributed by atoms with Gasteiger partial charge in [0.1, 0.15) is 0 Å². The van der Waals surface area contributed by atoms with Gasteiger partial charge in [-0.3, -0.25) is 9.59 Å². The molecule has 19 heavy (non-hydrogen) atoms. The molecule has 5 nitrogen and oxygen atoms in total. The van der Waals surface area contributed by atoms with E-state index in [1.807, 2.05) is 0 Å². The summed E-state index contributed by atoms with van der Waals surface area (Å²) in [6, 6.07) is 0. The molecule has 0 aromatic heterocycles. The Morgan fingerprint density at radius 1 is 1.16 bits per heavy atom. The second-order valence-electron chi connectivity index (χ2n) is 6.47. The molecule has 1 amide bonds. The van der Waals surface area contributed by atoms with Crippen molar-refractivity contribution in [3.63, 3.8) is 0 Å². The SMILES string of the molecule is CC(C)(CC(=O)O)CC(=O)NCC1(O)CCCCC1. The van der Waals surface area contributed by atoms with Crippen LogP contribution in [0, 0.1) is 5.41 Å². The summed E-state index contributed by atoms with van der Waals surface area (Å²) in [5.74, 6) is -1.09. The van der Waals surface area contributed by atoms with Crippen LogP contribution in [0.1, 0.15) is 58.8 Å². The third-order valence-corrected chi connectivity index (χ3v) is 3.67. The van der Waals surface area contributed by atoms with Crippen LogP contribution >= 0.6 is 0 Å². The molecule has 0 aliphatic heterocycles. The van der Waals surface area contributed by atoms with Crippen LogP contribution in [0.2, 0.25) is 0 Å². The van der Waals surface area contributed by atoms with Crippen molar-refractivity contribution in [2.24, 2.45) is 5.41 Å². The van der Waals surface area contributed by atoms with Gasteiger partial charge < -0.3 is 15.5 Å². The van der Waals surface area contributed by atoms with E-state index in [1.165, 1.54) is 0 Å². The van der Waals surface area contributed by atoms with Crippen LogP contribution in [0.15, 0.2) is 0 Å². The Labute approximate surface area is 114 Å². The molecule has 0 spiro atoms. The molecule has 0 heterocycles. The first-order valence-electron chi connectivity index (χ1n) is 6.93. The minimum atomic E-state index is -0.899. The summed E-state index contributed by atoms with van der Waals surface area (Å²) >= 11 is 0. The van der Waals surface area contributed by atoms with Crippen LogP contribution in [0.5, 0.6) is 0 Å². The van der Waals surface area contributed by atoms with Gasteiger partial charge in [0.25, 0.3) is 0 Å². The quantitative estimate of drug-likeness (QED) is 0.686. The lowest BCUT2D eigenvalue weighted by Gasteiger charge is -2.32. The van der Waals surface area contributed by atoms with Crippen molar-refractivity contribution >= 4 is 11.9 Å². The van der Waals surface area contributed by atoms with E-state index in [-0.39, 0.29) is 25.3 Å². The highest BCUT2D eigenvalue weighted by atomic mass is 16.4. The molecule has 0 radical (unpaired) electrons. The third kappa shape index (κ3) is 6.05. The predicted molar refractivity (Wildman–Crippen MR) is 71.7 cm³/mol. The van der Waals surface area contributed by atoms with E-state index >= 15 is 0 Å². The minimum absolute atomic E-state index is 0.0370. The van der Waals surface area contributed by atoms with Gasteiger partial charge in [0.15, 0.2) is 0 Å². The Bertz CT molecular complexity index is 332. The number of carbonyl (C=O) groups excluding carboxylic acids is 1. The van der Waals surface area contributed by atoms with Crippen LogP contribution in [-0.2, 0) is 9.59 Å². The second kappa shape index (κ2) is 6.37. The number of aliphatic hydroxyl groups is 1. The topological polar surface area (TPSA) is 86.6 Å². The fourth-order valence-corrected chi connectivity index (χ4v) is 2.62. The lowest BCUT2D eigenvalue weighted by molar-refractivity contribution is -0.139. The average molecular weight is 271 g/mol. The molecular formula is C14H25NO4. The molecule has 0 saturated heterocycles. The van der Waals surface area contributed by atoms with Crippen LogP contribution in [-0.4, -0.2) is 34.2 Å². The normalized spacial score (nSPS) is 18.9. The molecular weight excluding hydrogens is 246 g/mol. The predicted octanol–water partition coefficient (Wildman–Crippen LogP) is 1.69. The summed E-state index contributed by atoms with van der Waals surface area (Å²) in [5.41, 5.74) is -1.34. The maximum atomic E-state index is 11.8. The zero-order valence-corrected chi connectivity index (χ0v) is 11.9. The van der Waals surface area contributed by atoms with Gasteiger partial charge in [-0.15, -0.1) is 0 Å². The number of carboxylic acid groups (broad SMARTS) is 1. The number of hydrogen-bond acceptors (Lipinski definition) is 3. The highest BCUT2D eigenvalue weighted by Gasteiger charge is 2.31. The summed E-state index contributed by atoms with van der Waals surface area (Å²) in [6.45, 7) is 3.79. The van der Waals surface area contributed by atoms with Gasteiger partial charge in [-0.2, -0.15) is 0 Å². The molecule has 0 aromatic rings. The van der Waals surface area contributed by atoms with E-state index in [0.29, 0.717) is 0 Å². The molecule has 1 aliphatic rings. The monoisotopic (exact) mass is 271 g/mol. The molecule has 1 fully saturated rings. The number of aliphatic carboxylic acids is 1. The van der Waals surface area contributed by atoms with Crippen LogP contribution < -0.4 is 5.32 Å². The molecule has 0 atom stereocenters. The van der Waals surface area contributed by atoms with Crippen molar-refractivity contribution in [2.75, 3.05) is 6.54 Å². The standard InChI is InChI=1S/C14H25NO4/c1-13(2,9-12(17)18)8-11(16)15-10-14(19)6-4-3-5-7-14/h19H,3-10H2,1-2H3,(H,15,16)(H,17,18). The number of nitrogens with one attached hydrogen (secondary N) is 1. The third-order valence-electron chi connectivity index (χ3n) is 3.67. The summed E-state index contributed by atoms with van der Waals surface area (Å²) in [6.07, 6.45) is 4.72. The van der Waals surface area contributed by atoms with Crippen molar-refractivity contribution in [3.8, 4) is 0 Å². The maximum absolute atomic E-state index is 11.8. The molecule has 0 bridgehead atoms. The lowest BCUT2D eigenvalue weighted by Crippen LogP contribution is -2.45. The van der Waals surface area contributed by atoms with Crippen molar-refractivity contribution in [3.05, 3.63) is 0 Å². The van der Waals surface area contributed by atoms with Gasteiger partial charge in [0, 0.05) is 13.0 Å². The molecule has 5 heteroatoms. The molecule has 1 aliphatic carbocycles. The van der Waals surface area contributed by atoms with Crippen LogP contribution in [0.25, 0.3) is 0 Å². The Morgan fingerprint density at radius 3 is 2.26 bits per heavy atom. The first-order chi connectivity index (χ1) is 8.72. The molecule has 0 aromatic carbocycles. The lowest BCUT2D eigenvalue weighted by atomic mass is 9.84. The van der Waals surface area contributed by atoms with Gasteiger partial charge in [0.05, 0.1) is 12.0 Å². The number of amides is 1. The number of carboxylic acids is 1. The number of rotatable bonds is 6. The zero-order valence-electron chi connectivity index (χ0n) is 11.9. The summed E-state index contributed by atoms with van der Waals surface area (Å²) < 4.78 is 0. The van der Waals surface area contributed by atoms with Crippen molar-refractivity contribution in [1.29, 1.82) is 0 Å². The minimum Gasteiger partial charge on any atom is -0.481 e. The average Bonchev–Trinajstić information content (AvgIpc) is 2.25. The molecule has 1 rings (SSSR count). The smallest absolute Gasteiger partial charge is 0.303 e. The molecule has 0 unspecified atom stereocenters. The van der Waals surface area contributed by atoms with Gasteiger partial charge in [-0.25, -0.2) is 0 Å². The van der Waals surface area contributed by atoms with E-state index in [0.717, 1.165) is 32.1 Å².